The first-order valence-corrected chi connectivity index (χ1v) is 7.73. The number of pyridine rings is 1. The van der Waals surface area contributed by atoms with Gasteiger partial charge in [-0.2, -0.15) is 0 Å². The van der Waals surface area contributed by atoms with Gasteiger partial charge in [0.25, 0.3) is 5.82 Å². The van der Waals surface area contributed by atoms with Gasteiger partial charge in [0.2, 0.25) is 5.82 Å². The number of aryl methyl sites for hydroxylation is 1. The summed E-state index contributed by atoms with van der Waals surface area (Å²) >= 11 is 0. The van der Waals surface area contributed by atoms with Crippen LogP contribution in [0.1, 0.15) is 40.9 Å². The van der Waals surface area contributed by atoms with Crippen LogP contribution in [0.4, 0.5) is 11.6 Å². The van der Waals surface area contributed by atoms with E-state index in [0.717, 1.165) is 22.5 Å². The number of rotatable bonds is 2. The number of aromatic nitrogens is 1. The molecule has 0 spiro atoms. The fourth-order valence-electron chi connectivity index (χ4n) is 3.27. The van der Waals surface area contributed by atoms with Gasteiger partial charge in [-0.1, -0.05) is 24.8 Å². The van der Waals surface area contributed by atoms with Crippen molar-refractivity contribution in [1.29, 1.82) is 0 Å². The molecule has 0 radical (unpaired) electrons. The predicted molar refractivity (Wildman–Crippen MR) is 92.2 cm³/mol. The van der Waals surface area contributed by atoms with E-state index in [-0.39, 0.29) is 11.5 Å². The Labute approximate surface area is 141 Å². The molecule has 0 saturated carbocycles. The first-order valence-electron chi connectivity index (χ1n) is 7.73. The maximum absolute atomic E-state index is 12.1. The van der Waals surface area contributed by atoms with Crippen molar-refractivity contribution in [1.82, 2.24) is 4.98 Å². The molecule has 0 atom stereocenters. The van der Waals surface area contributed by atoms with E-state index in [1.165, 1.54) is 7.11 Å². The zero-order valence-electron chi connectivity index (χ0n) is 14.3. The Kier molecular flexibility index (Phi) is 3.76. The normalized spacial score (nSPS) is 14.9. The number of carbonyl (C=O) groups excluding carboxylic acids is 1. The molecule has 0 unspecified atom stereocenters. The topological polar surface area (TPSA) is 46.8 Å². The number of methoxy groups -OCH3 is 1. The molecule has 1 aliphatic rings. The number of hydrogen-bond donors (Lipinski definition) is 0. The highest BCUT2D eigenvalue weighted by Crippen LogP contribution is 2.43. The molecule has 2 aromatic rings. The fourth-order valence-corrected chi connectivity index (χ4v) is 3.27. The van der Waals surface area contributed by atoms with E-state index in [2.05, 4.69) is 28.6 Å². The Morgan fingerprint density at radius 2 is 2.08 bits per heavy atom. The van der Waals surface area contributed by atoms with Crippen LogP contribution in [-0.2, 0) is 16.8 Å². The summed E-state index contributed by atoms with van der Waals surface area (Å²) in [7, 11) is 1.39. The highest BCUT2D eigenvalue weighted by Gasteiger charge is 2.41. The molecule has 1 aromatic carbocycles. The van der Waals surface area contributed by atoms with Gasteiger partial charge in [-0.05, 0) is 43.5 Å². The lowest BCUT2D eigenvalue weighted by atomic mass is 9.91. The minimum atomic E-state index is -0.332. The van der Waals surface area contributed by atoms with Crippen LogP contribution in [0.3, 0.4) is 0 Å². The number of fused-ring (bicyclic) bond motifs is 1. The van der Waals surface area contributed by atoms with Crippen LogP contribution < -0.4 is 4.90 Å². The van der Waals surface area contributed by atoms with Gasteiger partial charge < -0.3 is 14.5 Å². The maximum atomic E-state index is 12.1. The number of benzene rings is 1. The molecule has 3 rings (SSSR count). The fraction of sp³-hybridized carbons (Fsp3) is 0.316. The summed E-state index contributed by atoms with van der Waals surface area (Å²) in [5.41, 5.74) is 3.15. The molecule has 1 aliphatic heterocycles. The van der Waals surface area contributed by atoms with Crippen LogP contribution in [0.25, 0.3) is 4.85 Å². The average Bonchev–Trinajstić information content (AvgIpc) is 2.86. The van der Waals surface area contributed by atoms with E-state index in [4.69, 9.17) is 11.3 Å². The highest BCUT2D eigenvalue weighted by molar-refractivity contribution is 5.92. The molecular formula is C19H19N3O2. The van der Waals surface area contributed by atoms with Crippen molar-refractivity contribution in [3.63, 3.8) is 0 Å². The molecule has 0 saturated heterocycles. The second-order valence-electron chi connectivity index (χ2n) is 6.39. The third kappa shape index (κ3) is 2.31. The first kappa shape index (κ1) is 16.0. The second-order valence-corrected chi connectivity index (χ2v) is 6.39. The molecule has 5 heteroatoms. The highest BCUT2D eigenvalue weighted by atomic mass is 16.5. The second kappa shape index (κ2) is 5.64. The van der Waals surface area contributed by atoms with Gasteiger partial charge in [-0.3, -0.25) is 0 Å². The van der Waals surface area contributed by atoms with E-state index in [1.807, 2.05) is 31.2 Å². The van der Waals surface area contributed by atoms with Crippen LogP contribution in [0.2, 0.25) is 0 Å². The van der Waals surface area contributed by atoms with Crippen LogP contribution in [0, 0.1) is 13.5 Å². The van der Waals surface area contributed by atoms with Crippen molar-refractivity contribution in [2.45, 2.75) is 32.9 Å². The molecule has 0 fully saturated rings. The van der Waals surface area contributed by atoms with Gasteiger partial charge in [0.05, 0.1) is 18.2 Å². The summed E-state index contributed by atoms with van der Waals surface area (Å²) in [5.74, 6) is 0.819. The van der Waals surface area contributed by atoms with E-state index >= 15 is 0 Å². The summed E-state index contributed by atoms with van der Waals surface area (Å²) < 4.78 is 4.91. The monoisotopic (exact) mass is 321 g/mol. The van der Waals surface area contributed by atoms with E-state index in [1.54, 1.807) is 6.07 Å². The van der Waals surface area contributed by atoms with Crippen molar-refractivity contribution in [2.75, 3.05) is 12.0 Å². The molecule has 1 aromatic heterocycles. The SMILES string of the molecule is [C-]#[N+]c1nc(N2Cc3c(C(=O)OC)cccc3C2(C)C)ccc1C. The smallest absolute Gasteiger partial charge is 0.338 e. The largest absolute Gasteiger partial charge is 0.465 e. The summed E-state index contributed by atoms with van der Waals surface area (Å²) in [6, 6.07) is 9.54. The molecule has 24 heavy (non-hydrogen) atoms. The first-order chi connectivity index (χ1) is 11.4. The van der Waals surface area contributed by atoms with E-state index < -0.39 is 0 Å². The van der Waals surface area contributed by atoms with Crippen LogP contribution in [-0.4, -0.2) is 18.1 Å². The van der Waals surface area contributed by atoms with Gasteiger partial charge >= 0.3 is 5.97 Å². The maximum Gasteiger partial charge on any atom is 0.338 e. The van der Waals surface area contributed by atoms with Crippen LogP contribution in [0.5, 0.6) is 0 Å². The average molecular weight is 321 g/mol. The van der Waals surface area contributed by atoms with Crippen molar-refractivity contribution in [3.8, 4) is 0 Å². The van der Waals surface area contributed by atoms with Gasteiger partial charge in [0.1, 0.15) is 0 Å². The van der Waals surface area contributed by atoms with E-state index in [9.17, 15) is 4.79 Å². The molecule has 5 nitrogen and oxygen atoms in total. The van der Waals surface area contributed by atoms with Gasteiger partial charge in [-0.25, -0.2) is 4.79 Å². The van der Waals surface area contributed by atoms with Crippen LogP contribution in [0.15, 0.2) is 30.3 Å². The number of hydrogen-bond acceptors (Lipinski definition) is 4. The van der Waals surface area contributed by atoms with Crippen LogP contribution >= 0.6 is 0 Å². The molecule has 0 aliphatic carbocycles. The number of carbonyl (C=O) groups is 1. The third-order valence-corrected chi connectivity index (χ3v) is 4.67. The van der Waals surface area contributed by atoms with Gasteiger partial charge in [-0.15, -0.1) is 4.98 Å². The Bertz CT molecular complexity index is 865. The van der Waals surface area contributed by atoms with Gasteiger partial charge in [0, 0.05) is 12.6 Å². The Morgan fingerprint density at radius 1 is 1.33 bits per heavy atom. The minimum absolute atomic E-state index is 0.330. The molecule has 2 heterocycles. The number of nitrogens with zero attached hydrogens (tertiary/aromatic N) is 3. The minimum Gasteiger partial charge on any atom is -0.465 e. The van der Waals surface area contributed by atoms with Crippen molar-refractivity contribution in [2.24, 2.45) is 0 Å². The van der Waals surface area contributed by atoms with Gasteiger partial charge in [0.15, 0.2) is 0 Å². The standard InChI is InChI=1S/C19H19N3O2/c1-12-9-10-16(21-17(12)20-4)22-11-14-13(18(23)24-5)7-6-8-15(14)19(22,2)3/h6-10H,11H2,1-3,5H3. The zero-order valence-corrected chi connectivity index (χ0v) is 14.3. The molecule has 0 N–H and O–H groups in total. The molecule has 0 amide bonds. The Balaban J connectivity index is 2.11. The molecular weight excluding hydrogens is 302 g/mol. The third-order valence-electron chi connectivity index (χ3n) is 4.67. The lowest BCUT2D eigenvalue weighted by molar-refractivity contribution is 0.0599. The summed E-state index contributed by atoms with van der Waals surface area (Å²) in [4.78, 5) is 22.2. The number of anilines is 1. The summed E-state index contributed by atoms with van der Waals surface area (Å²) in [6.07, 6.45) is 0. The Morgan fingerprint density at radius 3 is 2.75 bits per heavy atom. The lowest BCUT2D eigenvalue weighted by Crippen LogP contribution is -2.35. The number of esters is 1. The lowest BCUT2D eigenvalue weighted by Gasteiger charge is -2.31. The van der Waals surface area contributed by atoms with E-state index in [0.29, 0.717) is 17.9 Å². The molecule has 122 valence electrons. The molecule has 0 bridgehead atoms. The quantitative estimate of drug-likeness (QED) is 0.620. The predicted octanol–water partition coefficient (Wildman–Crippen LogP) is 3.98. The van der Waals surface area contributed by atoms with Crippen molar-refractivity contribution in [3.05, 3.63) is 64.0 Å². The van der Waals surface area contributed by atoms with Crippen molar-refractivity contribution < 1.29 is 9.53 Å². The zero-order chi connectivity index (χ0) is 17.5. The summed E-state index contributed by atoms with van der Waals surface area (Å²) in [6.45, 7) is 13.9. The number of ether oxygens (including phenoxy) is 1. The Hall–Kier alpha value is -2.87. The van der Waals surface area contributed by atoms with Crippen molar-refractivity contribution >= 4 is 17.6 Å². The summed E-state index contributed by atoms with van der Waals surface area (Å²) in [5, 5.41) is 0.